The molecule has 1 rings (SSSR count). The molecule has 7 nitrogen and oxygen atoms in total. The van der Waals surface area contributed by atoms with Gasteiger partial charge in [0.15, 0.2) is 0 Å². The minimum atomic E-state index is -3.05. The van der Waals surface area contributed by atoms with Crippen LogP contribution in [0.25, 0.3) is 0 Å². The van der Waals surface area contributed by atoms with Gasteiger partial charge in [0, 0.05) is 0 Å². The lowest BCUT2D eigenvalue weighted by Gasteiger charge is -1.95. The van der Waals surface area contributed by atoms with Crippen molar-refractivity contribution in [1.82, 2.24) is 9.78 Å². The number of hydrogen-bond acceptors (Lipinski definition) is 5. The topological polar surface area (TPSA) is 87.3 Å². The number of ether oxygens (including phenoxy) is 1. The Hall–Kier alpha value is -2.06. The second kappa shape index (κ2) is 3.98. The van der Waals surface area contributed by atoms with Crippen molar-refractivity contribution in [2.24, 2.45) is 0 Å². The standard InChI is InChI=1S/C6H5F2N3O4/c1-15-5(12)4-3(11(13)14)2-10(9-4)6(7)8/h2,6H,1H3. The fourth-order valence-electron chi connectivity index (χ4n) is 0.858. The molecule has 0 unspecified atom stereocenters. The Labute approximate surface area is 81.4 Å². The Morgan fingerprint density at radius 1 is 1.73 bits per heavy atom. The summed E-state index contributed by atoms with van der Waals surface area (Å²) >= 11 is 0. The molecule has 0 atom stereocenters. The number of carbonyl (C=O) groups is 1. The van der Waals surface area contributed by atoms with Crippen molar-refractivity contribution in [1.29, 1.82) is 0 Å². The summed E-state index contributed by atoms with van der Waals surface area (Å²) < 4.78 is 28.4. The average molecular weight is 221 g/mol. The van der Waals surface area contributed by atoms with E-state index in [4.69, 9.17) is 0 Å². The number of alkyl halides is 2. The first-order valence-corrected chi connectivity index (χ1v) is 3.57. The minimum absolute atomic E-state index is 0.0182. The quantitative estimate of drug-likeness (QED) is 0.431. The number of methoxy groups -OCH3 is 1. The molecular formula is C6H5F2N3O4. The molecule has 0 aliphatic rings. The third-order valence-electron chi connectivity index (χ3n) is 1.49. The molecule has 1 aromatic heterocycles. The van der Waals surface area contributed by atoms with E-state index in [1.54, 1.807) is 0 Å². The predicted octanol–water partition coefficient (Wildman–Crippen LogP) is 0.973. The van der Waals surface area contributed by atoms with Crippen LogP contribution in [0.3, 0.4) is 0 Å². The molecule has 0 saturated heterocycles. The maximum Gasteiger partial charge on any atom is 0.365 e. The Bertz CT molecular complexity index is 403. The summed E-state index contributed by atoms with van der Waals surface area (Å²) in [6, 6.07) is 0. The fraction of sp³-hybridized carbons (Fsp3) is 0.333. The maximum absolute atomic E-state index is 12.1. The second-order valence-electron chi connectivity index (χ2n) is 2.37. The van der Waals surface area contributed by atoms with Crippen LogP contribution >= 0.6 is 0 Å². The fourth-order valence-corrected chi connectivity index (χ4v) is 0.858. The van der Waals surface area contributed by atoms with E-state index >= 15 is 0 Å². The number of aromatic nitrogens is 2. The van der Waals surface area contributed by atoms with Crippen LogP contribution < -0.4 is 0 Å². The molecule has 0 saturated carbocycles. The predicted molar refractivity (Wildman–Crippen MR) is 41.5 cm³/mol. The summed E-state index contributed by atoms with van der Waals surface area (Å²) in [5.41, 5.74) is -1.56. The lowest BCUT2D eigenvalue weighted by Crippen LogP contribution is -2.06. The zero-order valence-electron chi connectivity index (χ0n) is 7.39. The first-order valence-electron chi connectivity index (χ1n) is 3.57. The molecule has 9 heteroatoms. The summed E-state index contributed by atoms with van der Waals surface area (Å²) in [6.45, 7) is -3.05. The van der Waals surface area contributed by atoms with E-state index in [2.05, 4.69) is 9.84 Å². The summed E-state index contributed by atoms with van der Waals surface area (Å²) in [5.74, 6) is -1.14. The molecule has 1 aromatic rings. The molecule has 0 aliphatic heterocycles. The van der Waals surface area contributed by atoms with E-state index in [1.165, 1.54) is 0 Å². The molecular weight excluding hydrogens is 216 g/mol. The molecule has 0 bridgehead atoms. The lowest BCUT2D eigenvalue weighted by atomic mass is 10.4. The van der Waals surface area contributed by atoms with E-state index in [1.807, 2.05) is 0 Å². The molecule has 0 aromatic carbocycles. The smallest absolute Gasteiger partial charge is 0.365 e. The van der Waals surface area contributed by atoms with E-state index in [-0.39, 0.29) is 4.68 Å². The van der Waals surface area contributed by atoms with Gasteiger partial charge in [0.1, 0.15) is 6.20 Å². The van der Waals surface area contributed by atoms with Crippen LogP contribution in [-0.2, 0) is 4.74 Å². The third kappa shape index (κ3) is 2.06. The molecule has 0 fully saturated rings. The zero-order chi connectivity index (χ0) is 11.6. The van der Waals surface area contributed by atoms with Gasteiger partial charge < -0.3 is 4.74 Å². The third-order valence-corrected chi connectivity index (χ3v) is 1.49. The summed E-state index contributed by atoms with van der Waals surface area (Å²) in [6.07, 6.45) is 0.469. The van der Waals surface area contributed by atoms with Crippen molar-refractivity contribution in [3.8, 4) is 0 Å². The van der Waals surface area contributed by atoms with Gasteiger partial charge in [0.05, 0.1) is 12.0 Å². The van der Waals surface area contributed by atoms with Gasteiger partial charge in [-0.1, -0.05) is 0 Å². The highest BCUT2D eigenvalue weighted by Gasteiger charge is 2.28. The van der Waals surface area contributed by atoms with Crippen molar-refractivity contribution in [2.45, 2.75) is 6.55 Å². The van der Waals surface area contributed by atoms with E-state index < -0.39 is 28.8 Å². The van der Waals surface area contributed by atoms with E-state index in [0.29, 0.717) is 6.20 Å². The van der Waals surface area contributed by atoms with Gasteiger partial charge in [-0.3, -0.25) is 10.1 Å². The molecule has 0 N–H and O–H groups in total. The molecule has 0 spiro atoms. The molecule has 82 valence electrons. The van der Waals surface area contributed by atoms with Gasteiger partial charge in [-0.15, -0.1) is 0 Å². The van der Waals surface area contributed by atoms with Crippen LogP contribution in [0.5, 0.6) is 0 Å². The number of esters is 1. The highest BCUT2D eigenvalue weighted by Crippen LogP contribution is 2.21. The van der Waals surface area contributed by atoms with Gasteiger partial charge in [-0.2, -0.15) is 13.9 Å². The number of rotatable bonds is 3. The molecule has 15 heavy (non-hydrogen) atoms. The number of carbonyl (C=O) groups excluding carboxylic acids is 1. The van der Waals surface area contributed by atoms with Gasteiger partial charge in [-0.05, 0) is 0 Å². The highest BCUT2D eigenvalue weighted by atomic mass is 19.3. The normalized spacial score (nSPS) is 10.4. The second-order valence-corrected chi connectivity index (χ2v) is 2.37. The lowest BCUT2D eigenvalue weighted by molar-refractivity contribution is -0.385. The van der Waals surface area contributed by atoms with Crippen molar-refractivity contribution in [2.75, 3.05) is 7.11 Å². The maximum atomic E-state index is 12.1. The van der Waals surface area contributed by atoms with Crippen LogP contribution in [0.1, 0.15) is 17.0 Å². The molecule has 0 amide bonds. The van der Waals surface area contributed by atoms with Crippen LogP contribution in [0.15, 0.2) is 6.20 Å². The SMILES string of the molecule is COC(=O)c1nn(C(F)F)cc1[N+](=O)[O-]. The van der Waals surface area contributed by atoms with Gasteiger partial charge in [0.25, 0.3) is 0 Å². The molecule has 0 radical (unpaired) electrons. The van der Waals surface area contributed by atoms with Crippen molar-refractivity contribution in [3.63, 3.8) is 0 Å². The highest BCUT2D eigenvalue weighted by molar-refractivity contribution is 5.91. The van der Waals surface area contributed by atoms with Crippen LogP contribution in [0, 0.1) is 10.1 Å². The monoisotopic (exact) mass is 221 g/mol. The zero-order valence-corrected chi connectivity index (χ0v) is 7.39. The first kappa shape index (κ1) is 11.0. The average Bonchev–Trinajstić information content (AvgIpc) is 2.61. The summed E-state index contributed by atoms with van der Waals surface area (Å²) in [4.78, 5) is 20.3. The Morgan fingerprint density at radius 2 is 2.33 bits per heavy atom. The molecule has 0 aliphatic carbocycles. The van der Waals surface area contributed by atoms with Gasteiger partial charge >= 0.3 is 18.2 Å². The van der Waals surface area contributed by atoms with Crippen LogP contribution in [-0.4, -0.2) is 27.8 Å². The Kier molecular flexibility index (Phi) is 2.93. The summed E-state index contributed by atoms with van der Waals surface area (Å²) in [7, 11) is 0.966. The Morgan fingerprint density at radius 3 is 2.73 bits per heavy atom. The van der Waals surface area contributed by atoms with Gasteiger partial charge in [0.2, 0.25) is 5.69 Å². The van der Waals surface area contributed by atoms with Crippen molar-refractivity contribution in [3.05, 3.63) is 22.0 Å². The van der Waals surface area contributed by atoms with Crippen molar-refractivity contribution >= 4 is 11.7 Å². The van der Waals surface area contributed by atoms with Crippen molar-refractivity contribution < 1.29 is 23.2 Å². The number of hydrogen-bond donors (Lipinski definition) is 0. The largest absolute Gasteiger partial charge is 0.464 e. The Balaban J connectivity index is 3.23. The number of halogens is 2. The van der Waals surface area contributed by atoms with Crippen LogP contribution in [0.2, 0.25) is 0 Å². The van der Waals surface area contributed by atoms with E-state index in [9.17, 15) is 23.7 Å². The van der Waals surface area contributed by atoms with Gasteiger partial charge in [-0.25, -0.2) is 9.48 Å². The van der Waals surface area contributed by atoms with E-state index in [0.717, 1.165) is 7.11 Å². The number of nitro groups is 1. The summed E-state index contributed by atoms with van der Waals surface area (Å²) in [5, 5.41) is 13.4. The van der Waals surface area contributed by atoms with Crippen LogP contribution in [0.4, 0.5) is 14.5 Å². The first-order chi connectivity index (χ1) is 6.97. The number of nitrogens with zero attached hydrogens (tertiary/aromatic N) is 3. The minimum Gasteiger partial charge on any atom is -0.464 e. The molecule has 1 heterocycles.